The minimum absolute atomic E-state index is 0.0209. The summed E-state index contributed by atoms with van der Waals surface area (Å²) in [4.78, 5) is 51.9. The number of nitrogen functional groups attached to an aromatic ring is 1. The predicted molar refractivity (Wildman–Crippen MR) is 123 cm³/mol. The number of aromatic nitrogens is 2. The molecule has 10 nitrogen and oxygen atoms in total. The van der Waals surface area contributed by atoms with E-state index in [0.717, 1.165) is 5.56 Å². The number of hydrogen-bond acceptors (Lipinski definition) is 6. The average Bonchev–Trinajstić information content (AvgIpc) is 2.76. The largest absolute Gasteiger partial charge is 0.383 e. The number of primary amides is 1. The quantitative estimate of drug-likeness (QED) is 0.408. The number of amides is 2. The van der Waals surface area contributed by atoms with Crippen LogP contribution in [-0.4, -0.2) is 35.0 Å². The third kappa shape index (κ3) is 5.22. The van der Waals surface area contributed by atoms with Crippen molar-refractivity contribution in [1.29, 1.82) is 0 Å². The molecule has 2 amide bonds. The second kappa shape index (κ2) is 9.65. The Morgan fingerprint density at radius 1 is 1.06 bits per heavy atom. The zero-order valence-electron chi connectivity index (χ0n) is 17.5. The summed E-state index contributed by atoms with van der Waals surface area (Å²) in [5, 5.41) is 2.71. The van der Waals surface area contributed by atoms with E-state index in [-0.39, 0.29) is 36.9 Å². The molecule has 3 rings (SSSR count). The van der Waals surface area contributed by atoms with Crippen molar-refractivity contribution in [1.82, 2.24) is 9.55 Å². The third-order valence-electron chi connectivity index (χ3n) is 4.91. The van der Waals surface area contributed by atoms with Gasteiger partial charge in [-0.2, -0.15) is 0 Å². The Morgan fingerprint density at radius 3 is 2.34 bits per heavy atom. The molecule has 0 aliphatic rings. The lowest BCUT2D eigenvalue weighted by Gasteiger charge is -2.21. The molecule has 166 valence electrons. The van der Waals surface area contributed by atoms with E-state index in [1.165, 1.54) is 21.6 Å². The molecule has 0 radical (unpaired) electrons. The molecule has 32 heavy (non-hydrogen) atoms. The molecule has 0 aliphatic carbocycles. The van der Waals surface area contributed by atoms with Gasteiger partial charge in [-0.25, -0.2) is 4.79 Å². The molecule has 2 aromatic carbocycles. The summed E-state index contributed by atoms with van der Waals surface area (Å²) < 4.78 is 1.28. The van der Waals surface area contributed by atoms with Crippen LogP contribution in [0, 0.1) is 0 Å². The predicted octanol–water partition coefficient (Wildman–Crippen LogP) is 0.731. The summed E-state index contributed by atoms with van der Waals surface area (Å²) in [5.74, 6) is -0.829. The van der Waals surface area contributed by atoms with Gasteiger partial charge in [0.2, 0.25) is 11.8 Å². The maximum atomic E-state index is 12.4. The molecule has 10 heteroatoms. The van der Waals surface area contributed by atoms with Crippen LogP contribution in [-0.2, 0) is 11.3 Å². The second-order valence-corrected chi connectivity index (χ2v) is 7.23. The molecular formula is C22H24N6O4. The van der Waals surface area contributed by atoms with E-state index in [1.54, 1.807) is 19.2 Å². The summed E-state index contributed by atoms with van der Waals surface area (Å²) in [6.07, 6.45) is 0.0603. The van der Waals surface area contributed by atoms with Crippen molar-refractivity contribution in [3.8, 4) is 0 Å². The second-order valence-electron chi connectivity index (χ2n) is 7.23. The van der Waals surface area contributed by atoms with Crippen LogP contribution in [0.1, 0.15) is 22.3 Å². The molecule has 3 aromatic rings. The highest BCUT2D eigenvalue weighted by Gasteiger charge is 2.17. The van der Waals surface area contributed by atoms with Gasteiger partial charge in [0.1, 0.15) is 11.5 Å². The smallest absolute Gasteiger partial charge is 0.330 e. The van der Waals surface area contributed by atoms with Gasteiger partial charge in [-0.15, -0.1) is 0 Å². The molecule has 0 aliphatic heterocycles. The molecule has 1 aromatic heterocycles. The highest BCUT2D eigenvalue weighted by Crippen LogP contribution is 2.17. The molecule has 0 spiro atoms. The number of aromatic amines is 1. The van der Waals surface area contributed by atoms with Gasteiger partial charge in [-0.3, -0.25) is 23.9 Å². The van der Waals surface area contributed by atoms with Gasteiger partial charge in [-0.1, -0.05) is 30.3 Å². The zero-order valence-corrected chi connectivity index (χ0v) is 17.5. The molecule has 0 fully saturated rings. The van der Waals surface area contributed by atoms with E-state index in [2.05, 4.69) is 10.3 Å². The summed E-state index contributed by atoms with van der Waals surface area (Å²) in [6, 6.07) is 15.4. The number of carbonyl (C=O) groups is 2. The Labute approximate surface area is 183 Å². The highest BCUT2D eigenvalue weighted by atomic mass is 16.2. The minimum Gasteiger partial charge on any atom is -0.383 e. The van der Waals surface area contributed by atoms with E-state index < -0.39 is 17.2 Å². The number of rotatable bonds is 8. The average molecular weight is 436 g/mol. The number of anilines is 3. The first kappa shape index (κ1) is 22.3. The first-order valence-corrected chi connectivity index (χ1v) is 9.83. The van der Waals surface area contributed by atoms with Crippen molar-refractivity contribution in [3.05, 3.63) is 86.6 Å². The van der Waals surface area contributed by atoms with Gasteiger partial charge in [0.25, 0.3) is 5.56 Å². The monoisotopic (exact) mass is 436 g/mol. The first-order valence-electron chi connectivity index (χ1n) is 9.83. The van der Waals surface area contributed by atoms with Crippen LogP contribution in [0.4, 0.5) is 17.2 Å². The lowest BCUT2D eigenvalue weighted by atomic mass is 10.2. The van der Waals surface area contributed by atoms with Crippen molar-refractivity contribution in [2.45, 2.75) is 13.0 Å². The zero-order chi connectivity index (χ0) is 23.3. The number of H-pyrrole nitrogens is 1. The van der Waals surface area contributed by atoms with Crippen molar-refractivity contribution < 1.29 is 9.59 Å². The van der Waals surface area contributed by atoms with Gasteiger partial charge in [0.15, 0.2) is 0 Å². The normalized spacial score (nSPS) is 10.5. The number of nitrogens with zero attached hydrogens (tertiary/aromatic N) is 2. The van der Waals surface area contributed by atoms with E-state index >= 15 is 0 Å². The van der Waals surface area contributed by atoms with Crippen molar-refractivity contribution >= 4 is 29.0 Å². The molecule has 1 heterocycles. The van der Waals surface area contributed by atoms with E-state index in [9.17, 15) is 19.2 Å². The van der Waals surface area contributed by atoms with E-state index in [1.807, 2.05) is 30.3 Å². The Balaban J connectivity index is 1.70. The molecule has 0 atom stereocenters. The third-order valence-corrected chi connectivity index (χ3v) is 4.91. The van der Waals surface area contributed by atoms with Crippen LogP contribution < -0.4 is 32.9 Å². The summed E-state index contributed by atoms with van der Waals surface area (Å²) >= 11 is 0. The van der Waals surface area contributed by atoms with Crippen LogP contribution in [0.3, 0.4) is 0 Å². The van der Waals surface area contributed by atoms with Gasteiger partial charge in [-0.05, 0) is 29.8 Å². The fraction of sp³-hybridized carbons (Fsp3) is 0.182. The minimum atomic E-state index is -0.623. The number of benzene rings is 2. The summed E-state index contributed by atoms with van der Waals surface area (Å²) in [6.45, 7) is 0.382. The van der Waals surface area contributed by atoms with Gasteiger partial charge in [0, 0.05) is 31.3 Å². The topological polar surface area (TPSA) is 156 Å². The summed E-state index contributed by atoms with van der Waals surface area (Å²) in [5.41, 5.74) is 11.9. The molecular weight excluding hydrogens is 412 g/mol. The van der Waals surface area contributed by atoms with Crippen LogP contribution in [0.5, 0.6) is 0 Å². The number of carbonyl (C=O) groups excluding carboxylic acids is 2. The Hall–Kier alpha value is -4.34. The number of hydrogen-bond donors (Lipinski definition) is 4. The molecule has 0 saturated heterocycles. The maximum absolute atomic E-state index is 12.4. The fourth-order valence-corrected chi connectivity index (χ4v) is 3.19. The highest BCUT2D eigenvalue weighted by molar-refractivity contribution is 5.94. The fourth-order valence-electron chi connectivity index (χ4n) is 3.19. The Bertz CT molecular complexity index is 1230. The van der Waals surface area contributed by atoms with E-state index in [0.29, 0.717) is 11.3 Å². The van der Waals surface area contributed by atoms with Crippen LogP contribution in [0.15, 0.2) is 64.2 Å². The van der Waals surface area contributed by atoms with E-state index in [4.69, 9.17) is 11.5 Å². The van der Waals surface area contributed by atoms with Crippen molar-refractivity contribution in [2.75, 3.05) is 29.5 Å². The van der Waals surface area contributed by atoms with Crippen LogP contribution >= 0.6 is 0 Å². The van der Waals surface area contributed by atoms with Crippen LogP contribution in [0.2, 0.25) is 0 Å². The SMILES string of the molecule is CN(CCC(=O)Nc1ccc(C(N)=O)cc1)c1c(N)n(Cc2ccccc2)c(=O)[nH]c1=O. The van der Waals surface area contributed by atoms with Gasteiger partial charge < -0.3 is 21.7 Å². The van der Waals surface area contributed by atoms with Crippen molar-refractivity contribution in [3.63, 3.8) is 0 Å². The number of nitrogens with one attached hydrogen (secondary N) is 2. The lowest BCUT2D eigenvalue weighted by molar-refractivity contribution is -0.116. The molecule has 6 N–H and O–H groups in total. The van der Waals surface area contributed by atoms with Crippen molar-refractivity contribution in [2.24, 2.45) is 5.73 Å². The maximum Gasteiger partial charge on any atom is 0.330 e. The summed E-state index contributed by atoms with van der Waals surface area (Å²) in [7, 11) is 1.62. The van der Waals surface area contributed by atoms with Gasteiger partial charge >= 0.3 is 5.69 Å². The Morgan fingerprint density at radius 2 is 1.72 bits per heavy atom. The van der Waals surface area contributed by atoms with Crippen LogP contribution in [0.25, 0.3) is 0 Å². The standard InChI is InChI=1S/C22H24N6O4/c1-27(12-11-17(29)25-16-9-7-15(8-10-16)20(24)30)18-19(23)28(22(32)26-21(18)31)13-14-5-3-2-4-6-14/h2-10H,11-13,23H2,1H3,(H2,24,30)(H,25,29)(H,26,31,32). The molecule has 0 bridgehead atoms. The van der Waals surface area contributed by atoms with Gasteiger partial charge in [0.05, 0.1) is 6.54 Å². The first-order chi connectivity index (χ1) is 15.3. The Kier molecular flexibility index (Phi) is 6.74. The molecule has 0 unspecified atom stereocenters. The lowest BCUT2D eigenvalue weighted by Crippen LogP contribution is -2.38. The molecule has 0 saturated carbocycles. The number of nitrogens with two attached hydrogens (primary N) is 2.